The molecule has 1 fully saturated rings. The van der Waals surface area contributed by atoms with Gasteiger partial charge in [-0.2, -0.15) is 0 Å². The van der Waals surface area contributed by atoms with E-state index in [1.165, 1.54) is 0 Å². The van der Waals surface area contributed by atoms with E-state index in [-0.39, 0.29) is 30.3 Å². The molecule has 0 aliphatic carbocycles. The van der Waals surface area contributed by atoms with Crippen molar-refractivity contribution in [1.82, 2.24) is 10.2 Å². The third-order valence-corrected chi connectivity index (χ3v) is 5.35. The first-order valence-corrected chi connectivity index (χ1v) is 10.2. The van der Waals surface area contributed by atoms with Crippen molar-refractivity contribution in [3.05, 3.63) is 59.7 Å². The van der Waals surface area contributed by atoms with E-state index in [2.05, 4.69) is 16.0 Å². The summed E-state index contributed by atoms with van der Waals surface area (Å²) in [6, 6.07) is 14.9. The molecule has 7 nitrogen and oxygen atoms in total. The van der Waals surface area contributed by atoms with Crippen LogP contribution in [0.5, 0.6) is 0 Å². The van der Waals surface area contributed by atoms with E-state index in [0.29, 0.717) is 25.9 Å². The number of para-hydroxylation sites is 2. The molecular formula is C23H28N4O3. The highest BCUT2D eigenvalue weighted by molar-refractivity contribution is 5.96. The number of carbonyl (C=O) groups excluding carboxylic acids is 3. The number of piperidine rings is 1. The second-order valence-electron chi connectivity index (χ2n) is 7.59. The average molecular weight is 409 g/mol. The summed E-state index contributed by atoms with van der Waals surface area (Å²) in [5, 5.41) is 8.45. The molecule has 0 unspecified atom stereocenters. The Morgan fingerprint density at radius 2 is 1.53 bits per heavy atom. The lowest BCUT2D eigenvalue weighted by Crippen LogP contribution is -2.45. The zero-order valence-electron chi connectivity index (χ0n) is 17.4. The van der Waals surface area contributed by atoms with Gasteiger partial charge in [0.05, 0.1) is 6.54 Å². The normalized spacial score (nSPS) is 14.1. The predicted octanol–water partition coefficient (Wildman–Crippen LogP) is 3.30. The number of amides is 4. The van der Waals surface area contributed by atoms with Crippen molar-refractivity contribution in [2.24, 2.45) is 5.92 Å². The van der Waals surface area contributed by atoms with Crippen LogP contribution in [0, 0.1) is 19.8 Å². The minimum Gasteiger partial charge on any atom is -0.347 e. The molecule has 1 heterocycles. The van der Waals surface area contributed by atoms with Gasteiger partial charge in [0.25, 0.3) is 0 Å². The molecule has 3 N–H and O–H groups in total. The number of nitrogens with one attached hydrogen (secondary N) is 3. The Morgan fingerprint density at radius 1 is 0.900 bits per heavy atom. The molecule has 0 aromatic heterocycles. The van der Waals surface area contributed by atoms with E-state index in [1.807, 2.05) is 62.4 Å². The first kappa shape index (κ1) is 21.4. The minimum absolute atomic E-state index is 0.0681. The number of benzene rings is 2. The molecule has 2 aromatic rings. The van der Waals surface area contributed by atoms with E-state index in [4.69, 9.17) is 0 Å². The van der Waals surface area contributed by atoms with Crippen LogP contribution in [0.3, 0.4) is 0 Å². The summed E-state index contributed by atoms with van der Waals surface area (Å²) in [6.45, 7) is 4.81. The van der Waals surface area contributed by atoms with Crippen molar-refractivity contribution in [2.75, 3.05) is 30.3 Å². The van der Waals surface area contributed by atoms with Crippen LogP contribution in [0.4, 0.5) is 16.2 Å². The highest BCUT2D eigenvalue weighted by Gasteiger charge is 2.27. The molecule has 0 saturated carbocycles. The maximum Gasteiger partial charge on any atom is 0.321 e. The van der Waals surface area contributed by atoms with Crippen molar-refractivity contribution in [1.29, 1.82) is 0 Å². The van der Waals surface area contributed by atoms with E-state index in [1.54, 1.807) is 4.90 Å². The Hall–Kier alpha value is -3.35. The van der Waals surface area contributed by atoms with Crippen LogP contribution < -0.4 is 16.0 Å². The van der Waals surface area contributed by atoms with E-state index < -0.39 is 0 Å². The largest absolute Gasteiger partial charge is 0.347 e. The number of carbonyl (C=O) groups is 3. The van der Waals surface area contributed by atoms with Gasteiger partial charge < -0.3 is 20.9 Å². The Kier molecular flexibility index (Phi) is 7.06. The van der Waals surface area contributed by atoms with Crippen molar-refractivity contribution in [3.8, 4) is 0 Å². The van der Waals surface area contributed by atoms with Gasteiger partial charge in [0.2, 0.25) is 11.8 Å². The zero-order valence-corrected chi connectivity index (χ0v) is 17.4. The standard InChI is InChI=1S/C23H28N4O3/c1-16-7-6-8-17(2)21(16)26-20(28)15-24-22(29)18-11-13-27(14-12-18)23(30)25-19-9-4-3-5-10-19/h3-10,18H,11-15H2,1-2H3,(H,24,29)(H,25,30)(H,26,28). The lowest BCUT2D eigenvalue weighted by molar-refractivity contribution is -0.128. The van der Waals surface area contributed by atoms with Gasteiger partial charge in [0, 0.05) is 30.4 Å². The topological polar surface area (TPSA) is 90.5 Å². The summed E-state index contributed by atoms with van der Waals surface area (Å²) in [7, 11) is 0. The number of likely N-dealkylation sites (tertiary alicyclic amines) is 1. The number of rotatable bonds is 5. The molecule has 0 spiro atoms. The average Bonchev–Trinajstić information content (AvgIpc) is 2.75. The number of nitrogens with zero attached hydrogens (tertiary/aromatic N) is 1. The van der Waals surface area contributed by atoms with Gasteiger partial charge in [-0.1, -0.05) is 36.4 Å². The number of urea groups is 1. The lowest BCUT2D eigenvalue weighted by atomic mass is 9.96. The molecule has 158 valence electrons. The first-order valence-electron chi connectivity index (χ1n) is 10.2. The molecule has 3 rings (SSSR count). The van der Waals surface area contributed by atoms with Gasteiger partial charge in [0.1, 0.15) is 0 Å². The fourth-order valence-electron chi connectivity index (χ4n) is 3.58. The van der Waals surface area contributed by atoms with E-state index in [9.17, 15) is 14.4 Å². The number of hydrogen-bond donors (Lipinski definition) is 3. The second-order valence-corrected chi connectivity index (χ2v) is 7.59. The number of aryl methyl sites for hydroxylation is 2. The molecule has 4 amide bonds. The van der Waals surface area contributed by atoms with Crippen LogP contribution >= 0.6 is 0 Å². The molecular weight excluding hydrogens is 380 g/mol. The van der Waals surface area contributed by atoms with Crippen LogP contribution in [0.15, 0.2) is 48.5 Å². The first-order chi connectivity index (χ1) is 14.4. The third kappa shape index (κ3) is 5.59. The molecule has 0 bridgehead atoms. The second kappa shape index (κ2) is 9.91. The predicted molar refractivity (Wildman–Crippen MR) is 117 cm³/mol. The summed E-state index contributed by atoms with van der Waals surface area (Å²) < 4.78 is 0. The third-order valence-electron chi connectivity index (χ3n) is 5.35. The van der Waals surface area contributed by atoms with Crippen molar-refractivity contribution in [3.63, 3.8) is 0 Å². The summed E-state index contributed by atoms with van der Waals surface area (Å²) >= 11 is 0. The molecule has 1 aliphatic heterocycles. The van der Waals surface area contributed by atoms with Crippen LogP contribution in [0.1, 0.15) is 24.0 Å². The van der Waals surface area contributed by atoms with Crippen molar-refractivity contribution < 1.29 is 14.4 Å². The van der Waals surface area contributed by atoms with Gasteiger partial charge >= 0.3 is 6.03 Å². The Morgan fingerprint density at radius 3 is 2.17 bits per heavy atom. The smallest absolute Gasteiger partial charge is 0.321 e. The Labute approximate surface area is 176 Å². The van der Waals surface area contributed by atoms with Crippen LogP contribution in [-0.4, -0.2) is 42.4 Å². The fraction of sp³-hybridized carbons (Fsp3) is 0.348. The molecule has 1 saturated heterocycles. The van der Waals surface area contributed by atoms with Crippen LogP contribution in [-0.2, 0) is 9.59 Å². The fourth-order valence-corrected chi connectivity index (χ4v) is 3.58. The van der Waals surface area contributed by atoms with Gasteiger partial charge in [-0.3, -0.25) is 9.59 Å². The highest BCUT2D eigenvalue weighted by atomic mass is 16.2. The molecule has 0 radical (unpaired) electrons. The summed E-state index contributed by atoms with van der Waals surface area (Å²) in [4.78, 5) is 38.7. The Balaban J connectivity index is 1.42. The maximum absolute atomic E-state index is 12.4. The molecule has 2 aromatic carbocycles. The zero-order chi connectivity index (χ0) is 21.5. The van der Waals surface area contributed by atoms with Crippen molar-refractivity contribution in [2.45, 2.75) is 26.7 Å². The minimum atomic E-state index is -0.250. The van der Waals surface area contributed by atoms with Crippen LogP contribution in [0.25, 0.3) is 0 Å². The van der Waals surface area contributed by atoms with Gasteiger partial charge in [-0.25, -0.2) is 4.79 Å². The highest BCUT2D eigenvalue weighted by Crippen LogP contribution is 2.20. The molecule has 30 heavy (non-hydrogen) atoms. The summed E-state index contributed by atoms with van der Waals surface area (Å²) in [6.07, 6.45) is 1.15. The maximum atomic E-state index is 12.4. The molecule has 1 aliphatic rings. The van der Waals surface area contributed by atoms with E-state index in [0.717, 1.165) is 22.5 Å². The quantitative estimate of drug-likeness (QED) is 0.709. The molecule has 0 atom stereocenters. The van der Waals surface area contributed by atoms with Gasteiger partial charge in [0.15, 0.2) is 0 Å². The SMILES string of the molecule is Cc1cccc(C)c1NC(=O)CNC(=O)C1CCN(C(=O)Nc2ccccc2)CC1. The van der Waals surface area contributed by atoms with Crippen molar-refractivity contribution >= 4 is 29.2 Å². The number of anilines is 2. The summed E-state index contributed by atoms with van der Waals surface area (Å²) in [5.74, 6) is -0.589. The van der Waals surface area contributed by atoms with Crippen LogP contribution in [0.2, 0.25) is 0 Å². The Bertz CT molecular complexity index is 886. The monoisotopic (exact) mass is 408 g/mol. The molecule has 7 heteroatoms. The van der Waals surface area contributed by atoms with Gasteiger partial charge in [-0.05, 0) is 49.9 Å². The number of hydrogen-bond acceptors (Lipinski definition) is 3. The summed E-state index contributed by atoms with van der Waals surface area (Å²) in [5.41, 5.74) is 3.50. The lowest BCUT2D eigenvalue weighted by Gasteiger charge is -2.31. The van der Waals surface area contributed by atoms with Gasteiger partial charge in [-0.15, -0.1) is 0 Å². The van der Waals surface area contributed by atoms with E-state index >= 15 is 0 Å².